The molecular weight excluding hydrogens is 482 g/mol. The van der Waals surface area contributed by atoms with Crippen molar-refractivity contribution in [3.05, 3.63) is 46.7 Å². The number of carbonyl (C=O) groups is 6. The summed E-state index contributed by atoms with van der Waals surface area (Å²) in [5.74, 6) is -5.11. The topological polar surface area (TPSA) is 182 Å². The highest BCUT2D eigenvalue weighted by atomic mass is 32.2. The van der Waals surface area contributed by atoms with Crippen LogP contribution < -0.4 is 5.32 Å². The zero-order valence-corrected chi connectivity index (χ0v) is 19.0. The average molecular weight is 503 g/mol. The fourth-order valence-electron chi connectivity index (χ4n) is 4.36. The number of nitrogens with one attached hydrogen (secondary N) is 1. The van der Waals surface area contributed by atoms with Crippen LogP contribution in [-0.2, 0) is 19.2 Å². The molecule has 3 heterocycles. The number of nitrogens with zero attached hydrogens (tertiary/aromatic N) is 2. The number of benzene rings is 1. The van der Waals surface area contributed by atoms with E-state index in [2.05, 4.69) is 5.32 Å². The highest BCUT2D eigenvalue weighted by Crippen LogP contribution is 2.40. The normalized spacial score (nSPS) is 21.9. The van der Waals surface area contributed by atoms with Crippen molar-refractivity contribution in [3.8, 4) is 0 Å². The summed E-state index contributed by atoms with van der Waals surface area (Å²) < 4.78 is 0. The van der Waals surface area contributed by atoms with Crippen LogP contribution in [0.3, 0.4) is 0 Å². The van der Waals surface area contributed by atoms with Crippen molar-refractivity contribution in [2.45, 2.75) is 36.7 Å². The summed E-state index contributed by atoms with van der Waals surface area (Å²) >= 11 is 1.21. The maximum Gasteiger partial charge on any atom is 0.352 e. The first-order valence-electron chi connectivity index (χ1n) is 10.7. The molecular formula is C22H21N3O9S. The lowest BCUT2D eigenvalue weighted by molar-refractivity contribution is -0.150. The number of imide groups is 1. The molecule has 0 radical (unpaired) electrons. The average Bonchev–Trinajstić information content (AvgIpc) is 3.08. The van der Waals surface area contributed by atoms with Gasteiger partial charge in [-0.05, 0) is 30.5 Å². The number of rotatable bonds is 9. The molecule has 3 atom stereocenters. The van der Waals surface area contributed by atoms with Gasteiger partial charge in [-0.25, -0.2) is 9.59 Å². The number of β-lactam (4-membered cyclic amide) rings is 1. The van der Waals surface area contributed by atoms with Gasteiger partial charge in [0.15, 0.2) is 0 Å². The van der Waals surface area contributed by atoms with Gasteiger partial charge in [0.1, 0.15) is 23.2 Å². The Morgan fingerprint density at radius 2 is 1.71 bits per heavy atom. The van der Waals surface area contributed by atoms with Crippen molar-refractivity contribution in [1.82, 2.24) is 15.1 Å². The minimum Gasteiger partial charge on any atom is -0.480 e. The molecule has 4 amide bonds. The Morgan fingerprint density at radius 1 is 1.09 bits per heavy atom. The Bertz CT molecular complexity index is 1150. The summed E-state index contributed by atoms with van der Waals surface area (Å²) in [4.78, 5) is 75.1. The number of aliphatic carboxylic acids is 2. The molecule has 0 aromatic heterocycles. The largest absolute Gasteiger partial charge is 0.480 e. The molecule has 0 aliphatic carbocycles. The summed E-state index contributed by atoms with van der Waals surface area (Å²) in [7, 11) is 0. The van der Waals surface area contributed by atoms with Crippen LogP contribution in [0.2, 0.25) is 0 Å². The van der Waals surface area contributed by atoms with Gasteiger partial charge in [-0.15, -0.1) is 11.8 Å². The molecule has 1 saturated heterocycles. The van der Waals surface area contributed by atoms with E-state index in [1.54, 1.807) is 12.1 Å². The van der Waals surface area contributed by atoms with Crippen molar-refractivity contribution >= 4 is 47.3 Å². The van der Waals surface area contributed by atoms with Gasteiger partial charge >= 0.3 is 11.9 Å². The van der Waals surface area contributed by atoms with E-state index in [1.165, 1.54) is 23.9 Å². The van der Waals surface area contributed by atoms with Crippen molar-refractivity contribution in [2.24, 2.45) is 0 Å². The van der Waals surface area contributed by atoms with E-state index in [-0.39, 0.29) is 47.4 Å². The molecule has 13 heteroatoms. The number of carboxylic acids is 2. The van der Waals surface area contributed by atoms with Gasteiger partial charge < -0.3 is 20.6 Å². The zero-order valence-electron chi connectivity index (χ0n) is 18.2. The monoisotopic (exact) mass is 503 g/mol. The van der Waals surface area contributed by atoms with Gasteiger partial charge in [0.25, 0.3) is 17.7 Å². The van der Waals surface area contributed by atoms with Gasteiger partial charge in [0.2, 0.25) is 5.91 Å². The summed E-state index contributed by atoms with van der Waals surface area (Å²) in [6.07, 6.45) is -0.311. The highest BCUT2D eigenvalue weighted by molar-refractivity contribution is 8.00. The molecule has 1 unspecified atom stereocenters. The number of thioether (sulfide) groups is 1. The lowest BCUT2D eigenvalue weighted by Gasteiger charge is -2.49. The van der Waals surface area contributed by atoms with Crippen LogP contribution in [0.15, 0.2) is 35.5 Å². The Hall–Kier alpha value is -3.71. The molecule has 0 bridgehead atoms. The minimum absolute atomic E-state index is 0.0214. The summed E-state index contributed by atoms with van der Waals surface area (Å²) in [6, 6.07) is 3.62. The Kier molecular flexibility index (Phi) is 6.63. The van der Waals surface area contributed by atoms with E-state index in [0.29, 0.717) is 4.90 Å². The third kappa shape index (κ3) is 4.17. The molecule has 35 heavy (non-hydrogen) atoms. The van der Waals surface area contributed by atoms with Gasteiger partial charge in [-0.1, -0.05) is 12.1 Å². The van der Waals surface area contributed by atoms with Crippen LogP contribution in [0.4, 0.5) is 0 Å². The molecule has 1 aromatic carbocycles. The third-order valence-corrected chi connectivity index (χ3v) is 7.40. The van der Waals surface area contributed by atoms with Crippen molar-refractivity contribution in [3.63, 3.8) is 0 Å². The summed E-state index contributed by atoms with van der Waals surface area (Å²) in [6.45, 7) is -0.500. The molecule has 0 saturated carbocycles. The van der Waals surface area contributed by atoms with Crippen LogP contribution in [0.25, 0.3) is 0 Å². The molecule has 4 N–H and O–H groups in total. The third-order valence-electron chi connectivity index (χ3n) is 6.06. The molecule has 1 fully saturated rings. The fourth-order valence-corrected chi connectivity index (χ4v) is 5.70. The Labute approximate surface area is 202 Å². The lowest BCUT2D eigenvalue weighted by atomic mass is 10.0. The van der Waals surface area contributed by atoms with Gasteiger partial charge in [-0.3, -0.25) is 29.0 Å². The van der Waals surface area contributed by atoms with Crippen LogP contribution in [0.5, 0.6) is 0 Å². The van der Waals surface area contributed by atoms with Crippen molar-refractivity contribution in [1.29, 1.82) is 0 Å². The fraction of sp³-hybridized carbons (Fsp3) is 0.364. The predicted octanol–water partition coefficient (Wildman–Crippen LogP) is -0.363. The van der Waals surface area contributed by atoms with E-state index >= 15 is 0 Å². The maximum atomic E-state index is 12.6. The first kappa shape index (κ1) is 24.4. The number of hydrogen-bond donors (Lipinski definition) is 4. The molecule has 4 rings (SSSR count). The molecule has 3 aliphatic heterocycles. The van der Waals surface area contributed by atoms with Gasteiger partial charge in [0.05, 0.1) is 17.7 Å². The maximum absolute atomic E-state index is 12.6. The smallest absolute Gasteiger partial charge is 0.352 e. The van der Waals surface area contributed by atoms with E-state index in [4.69, 9.17) is 0 Å². The van der Waals surface area contributed by atoms with Gasteiger partial charge in [-0.2, -0.15) is 0 Å². The Balaban J connectivity index is 1.34. The number of carbonyl (C=O) groups excluding carboxylic acids is 4. The van der Waals surface area contributed by atoms with Gasteiger partial charge in [0, 0.05) is 12.2 Å². The number of fused-ring (bicyclic) bond motifs is 2. The van der Waals surface area contributed by atoms with E-state index in [9.17, 15) is 44.1 Å². The number of carboxylic acid groups (broad SMARTS) is 2. The van der Waals surface area contributed by atoms with Crippen molar-refractivity contribution in [2.75, 3.05) is 12.4 Å². The minimum atomic E-state index is -1.45. The second-order valence-corrected chi connectivity index (χ2v) is 9.25. The second kappa shape index (κ2) is 9.50. The van der Waals surface area contributed by atoms with E-state index < -0.39 is 59.6 Å². The number of aliphatic hydroxyl groups excluding tert-OH is 1. The van der Waals surface area contributed by atoms with Crippen LogP contribution in [-0.4, -0.2) is 90.5 Å². The van der Waals surface area contributed by atoms with Crippen LogP contribution in [0, 0.1) is 0 Å². The SMILES string of the molecule is O=C(CCCC(C(=O)O)N1C(=O)c2ccccc2C1=O)N[C@H]1C(=O)N2C(C(=O)O)=C(CO)CS[C@@H]12. The quantitative estimate of drug-likeness (QED) is 0.256. The second-order valence-electron chi connectivity index (χ2n) is 8.14. The number of hydrogen-bond acceptors (Lipinski definition) is 8. The molecule has 0 spiro atoms. The lowest BCUT2D eigenvalue weighted by Crippen LogP contribution is -2.70. The summed E-state index contributed by atoms with van der Waals surface area (Å²) in [5.41, 5.74) is 0.180. The van der Waals surface area contributed by atoms with Crippen molar-refractivity contribution < 1.29 is 44.1 Å². The zero-order chi connectivity index (χ0) is 25.4. The molecule has 1 aromatic rings. The molecule has 184 valence electrons. The number of aliphatic hydroxyl groups is 1. The van der Waals surface area contributed by atoms with Crippen LogP contribution in [0.1, 0.15) is 40.0 Å². The summed E-state index contributed by atoms with van der Waals surface area (Å²) in [5, 5.41) is 30.3. The van der Waals surface area contributed by atoms with E-state index in [0.717, 1.165) is 4.90 Å². The first-order valence-corrected chi connectivity index (χ1v) is 11.7. The van der Waals surface area contributed by atoms with E-state index in [1.807, 2.05) is 0 Å². The first-order chi connectivity index (χ1) is 16.7. The number of amides is 4. The molecule has 12 nitrogen and oxygen atoms in total. The Morgan fingerprint density at radius 3 is 2.26 bits per heavy atom. The van der Waals surface area contributed by atoms with Crippen LogP contribution >= 0.6 is 11.8 Å². The predicted molar refractivity (Wildman–Crippen MR) is 119 cm³/mol. The standard InChI is InChI=1S/C22H21N3O9S/c26-8-10-9-35-20-15(19(30)25(20)16(10)22(33)34)23-14(27)7-3-6-13(21(31)32)24-17(28)11-4-1-2-5-12(11)18(24)29/h1-2,4-5,13,15,20,26H,3,6-9H2,(H,23,27)(H,31,32)(H,33,34)/t13?,15-,20-/m0/s1. The highest BCUT2D eigenvalue weighted by Gasteiger charge is 2.54. The molecule has 3 aliphatic rings.